The Labute approximate surface area is 68.3 Å². The molecule has 0 aromatic heterocycles. The van der Waals surface area contributed by atoms with Crippen LogP contribution in [-0.2, 0) is 4.74 Å². The van der Waals surface area contributed by atoms with Gasteiger partial charge in [0.15, 0.2) is 0 Å². The fourth-order valence-electron chi connectivity index (χ4n) is 1.10. The van der Waals surface area contributed by atoms with E-state index in [-0.39, 0.29) is 5.41 Å². The van der Waals surface area contributed by atoms with Crippen molar-refractivity contribution < 1.29 is 4.74 Å². The summed E-state index contributed by atoms with van der Waals surface area (Å²) in [6, 6.07) is 0.541. The molecule has 66 valence electrons. The van der Waals surface area contributed by atoms with Gasteiger partial charge in [0.25, 0.3) is 0 Å². The molecule has 3 heteroatoms. The van der Waals surface area contributed by atoms with Crippen LogP contribution in [0.25, 0.3) is 0 Å². The fraction of sp³-hybridized carbons (Fsp3) is 1.00. The van der Waals surface area contributed by atoms with Crippen molar-refractivity contribution in [3.05, 3.63) is 0 Å². The summed E-state index contributed by atoms with van der Waals surface area (Å²) >= 11 is 0. The Balaban J connectivity index is 2.22. The van der Waals surface area contributed by atoms with Gasteiger partial charge >= 0.3 is 0 Å². The van der Waals surface area contributed by atoms with Crippen LogP contribution in [0.15, 0.2) is 0 Å². The van der Waals surface area contributed by atoms with Crippen molar-refractivity contribution in [1.82, 2.24) is 5.32 Å². The molecular formula is C8H18N2O. The van der Waals surface area contributed by atoms with Crippen LogP contribution in [0.2, 0.25) is 0 Å². The van der Waals surface area contributed by atoms with Crippen LogP contribution < -0.4 is 11.1 Å². The molecule has 0 spiro atoms. The van der Waals surface area contributed by atoms with Gasteiger partial charge in [-0.1, -0.05) is 13.8 Å². The smallest absolute Gasteiger partial charge is 0.0569 e. The van der Waals surface area contributed by atoms with Gasteiger partial charge in [0, 0.05) is 24.5 Å². The Morgan fingerprint density at radius 2 is 2.18 bits per heavy atom. The molecule has 1 aliphatic rings. The molecule has 1 fully saturated rings. The lowest BCUT2D eigenvalue weighted by Gasteiger charge is -2.41. The molecule has 0 bridgehead atoms. The van der Waals surface area contributed by atoms with E-state index in [1.165, 1.54) is 0 Å². The van der Waals surface area contributed by atoms with Gasteiger partial charge in [0.05, 0.1) is 13.2 Å². The van der Waals surface area contributed by atoms with Gasteiger partial charge in [-0.3, -0.25) is 0 Å². The highest BCUT2D eigenvalue weighted by Crippen LogP contribution is 2.24. The first-order valence-electron chi connectivity index (χ1n) is 4.20. The highest BCUT2D eigenvalue weighted by molar-refractivity contribution is 4.88. The Morgan fingerprint density at radius 3 is 2.45 bits per heavy atom. The van der Waals surface area contributed by atoms with E-state index in [1.807, 2.05) is 0 Å². The first kappa shape index (κ1) is 8.97. The van der Waals surface area contributed by atoms with Crippen molar-refractivity contribution in [2.24, 2.45) is 11.1 Å². The first-order valence-corrected chi connectivity index (χ1v) is 4.20. The van der Waals surface area contributed by atoms with Gasteiger partial charge < -0.3 is 15.8 Å². The van der Waals surface area contributed by atoms with Crippen LogP contribution in [0.3, 0.4) is 0 Å². The maximum Gasteiger partial charge on any atom is 0.0569 e. The molecular weight excluding hydrogens is 140 g/mol. The zero-order valence-electron chi connectivity index (χ0n) is 7.39. The normalized spacial score (nSPS) is 21.8. The summed E-state index contributed by atoms with van der Waals surface area (Å²) in [7, 11) is 0. The third-order valence-corrected chi connectivity index (χ3v) is 2.13. The number of hydrogen-bond donors (Lipinski definition) is 2. The van der Waals surface area contributed by atoms with Crippen molar-refractivity contribution in [1.29, 1.82) is 0 Å². The van der Waals surface area contributed by atoms with Crippen LogP contribution in [0.4, 0.5) is 0 Å². The van der Waals surface area contributed by atoms with E-state index >= 15 is 0 Å². The van der Waals surface area contributed by atoms with Gasteiger partial charge in [-0.25, -0.2) is 0 Å². The summed E-state index contributed by atoms with van der Waals surface area (Å²) < 4.78 is 5.14. The second-order valence-electron chi connectivity index (χ2n) is 3.73. The van der Waals surface area contributed by atoms with Gasteiger partial charge in [0.2, 0.25) is 0 Å². The molecule has 0 aromatic carbocycles. The summed E-state index contributed by atoms with van der Waals surface area (Å²) in [5.41, 5.74) is 5.88. The van der Waals surface area contributed by atoms with Crippen molar-refractivity contribution >= 4 is 0 Å². The molecule has 0 radical (unpaired) electrons. The molecule has 11 heavy (non-hydrogen) atoms. The number of hydrogen-bond acceptors (Lipinski definition) is 3. The van der Waals surface area contributed by atoms with Crippen molar-refractivity contribution in [2.75, 3.05) is 26.3 Å². The lowest BCUT2D eigenvalue weighted by atomic mass is 9.86. The van der Waals surface area contributed by atoms with Gasteiger partial charge in [-0.2, -0.15) is 0 Å². The minimum absolute atomic E-state index is 0.240. The van der Waals surface area contributed by atoms with E-state index in [1.54, 1.807) is 0 Å². The fourth-order valence-corrected chi connectivity index (χ4v) is 1.10. The Bertz CT molecular complexity index is 116. The van der Waals surface area contributed by atoms with Crippen LogP contribution in [-0.4, -0.2) is 32.3 Å². The summed E-state index contributed by atoms with van der Waals surface area (Å²) in [4.78, 5) is 0. The van der Waals surface area contributed by atoms with E-state index in [4.69, 9.17) is 10.5 Å². The minimum Gasteiger partial charge on any atom is -0.380 e. The standard InChI is InChI=1S/C8H18N2O/c1-7(2)10-4-8(3-9)5-11-6-8/h7,10H,3-6,9H2,1-2H3. The van der Waals surface area contributed by atoms with Crippen molar-refractivity contribution in [3.8, 4) is 0 Å². The molecule has 0 saturated carbocycles. The first-order chi connectivity index (χ1) is 5.18. The topological polar surface area (TPSA) is 47.3 Å². The zero-order chi connectivity index (χ0) is 8.32. The maximum absolute atomic E-state index is 5.64. The third-order valence-electron chi connectivity index (χ3n) is 2.13. The summed E-state index contributed by atoms with van der Waals surface area (Å²) in [5.74, 6) is 0. The summed E-state index contributed by atoms with van der Waals surface area (Å²) in [5, 5.41) is 3.38. The van der Waals surface area contributed by atoms with Crippen LogP contribution in [0.1, 0.15) is 13.8 Å². The molecule has 1 rings (SSSR count). The van der Waals surface area contributed by atoms with Gasteiger partial charge in [0.1, 0.15) is 0 Å². The number of nitrogens with two attached hydrogens (primary N) is 1. The van der Waals surface area contributed by atoms with Crippen LogP contribution in [0, 0.1) is 5.41 Å². The number of ether oxygens (including phenoxy) is 1. The molecule has 0 aromatic rings. The molecule has 0 unspecified atom stereocenters. The molecule has 1 aliphatic heterocycles. The predicted octanol–water partition coefficient (Wildman–Crippen LogP) is -0.0403. The Morgan fingerprint density at radius 1 is 1.55 bits per heavy atom. The summed E-state index contributed by atoms with van der Waals surface area (Å²) in [6.45, 7) is 7.65. The van der Waals surface area contributed by atoms with E-state index in [0.29, 0.717) is 6.04 Å². The Hall–Kier alpha value is -0.120. The average Bonchev–Trinajstić information content (AvgIpc) is 1.86. The highest BCUT2D eigenvalue weighted by atomic mass is 16.5. The van der Waals surface area contributed by atoms with Crippen LogP contribution >= 0.6 is 0 Å². The maximum atomic E-state index is 5.64. The van der Waals surface area contributed by atoms with Crippen molar-refractivity contribution in [3.63, 3.8) is 0 Å². The average molecular weight is 158 g/mol. The quantitative estimate of drug-likeness (QED) is 0.603. The molecule has 1 saturated heterocycles. The van der Waals surface area contributed by atoms with Crippen LogP contribution in [0.5, 0.6) is 0 Å². The molecule has 0 atom stereocenters. The monoisotopic (exact) mass is 158 g/mol. The molecule has 3 N–H and O–H groups in total. The second kappa shape index (κ2) is 3.52. The van der Waals surface area contributed by atoms with E-state index in [2.05, 4.69) is 19.2 Å². The van der Waals surface area contributed by atoms with Crippen molar-refractivity contribution in [2.45, 2.75) is 19.9 Å². The van der Waals surface area contributed by atoms with E-state index in [9.17, 15) is 0 Å². The largest absolute Gasteiger partial charge is 0.380 e. The molecule has 0 amide bonds. The molecule has 1 heterocycles. The molecule has 3 nitrogen and oxygen atoms in total. The van der Waals surface area contributed by atoms with E-state index < -0.39 is 0 Å². The zero-order valence-corrected chi connectivity index (χ0v) is 7.39. The number of nitrogens with one attached hydrogen (secondary N) is 1. The SMILES string of the molecule is CC(C)NCC1(CN)COC1. The second-order valence-corrected chi connectivity index (χ2v) is 3.73. The lowest BCUT2D eigenvalue weighted by Crippen LogP contribution is -2.55. The minimum atomic E-state index is 0.240. The Kier molecular flexibility index (Phi) is 2.87. The highest BCUT2D eigenvalue weighted by Gasteiger charge is 2.36. The lowest BCUT2D eigenvalue weighted by molar-refractivity contribution is -0.105. The van der Waals surface area contributed by atoms with Gasteiger partial charge in [-0.15, -0.1) is 0 Å². The third kappa shape index (κ3) is 2.15. The van der Waals surface area contributed by atoms with E-state index in [0.717, 1.165) is 26.3 Å². The van der Waals surface area contributed by atoms with Gasteiger partial charge in [-0.05, 0) is 0 Å². The molecule has 0 aliphatic carbocycles. The summed E-state index contributed by atoms with van der Waals surface area (Å²) in [6.07, 6.45) is 0. The number of rotatable bonds is 4. The predicted molar refractivity (Wildman–Crippen MR) is 45.4 cm³/mol.